The van der Waals surface area contributed by atoms with Gasteiger partial charge in [-0.1, -0.05) is 48.5 Å². The molecule has 6 nitrogen and oxygen atoms in total. The van der Waals surface area contributed by atoms with Crippen molar-refractivity contribution < 1.29 is 13.2 Å². The smallest absolute Gasteiger partial charge is 0.320 e. The van der Waals surface area contributed by atoms with Gasteiger partial charge in [-0.05, 0) is 30.5 Å². The van der Waals surface area contributed by atoms with E-state index in [1.165, 1.54) is 0 Å². The molecule has 0 aromatic heterocycles. The Hall–Kier alpha value is -2.38. The molecule has 0 bridgehead atoms. The highest BCUT2D eigenvalue weighted by Crippen LogP contribution is 2.26. The van der Waals surface area contributed by atoms with E-state index in [1.807, 2.05) is 46.2 Å². The molecule has 2 amide bonds. The maximum atomic E-state index is 12.8. The van der Waals surface area contributed by atoms with Gasteiger partial charge in [-0.3, -0.25) is 0 Å². The zero-order valence-electron chi connectivity index (χ0n) is 15.8. The van der Waals surface area contributed by atoms with Gasteiger partial charge in [0.25, 0.3) is 0 Å². The van der Waals surface area contributed by atoms with E-state index in [2.05, 4.69) is 0 Å². The van der Waals surface area contributed by atoms with Crippen LogP contribution in [0.5, 0.6) is 0 Å². The minimum absolute atomic E-state index is 0.0632. The quantitative estimate of drug-likeness (QED) is 0.777. The summed E-state index contributed by atoms with van der Waals surface area (Å²) in [5, 5.41) is 0. The lowest BCUT2D eigenvalue weighted by Crippen LogP contribution is -2.47. The number of urea groups is 1. The number of piperidine rings is 1. The van der Waals surface area contributed by atoms with Crippen LogP contribution in [0.1, 0.15) is 18.4 Å². The molecule has 2 aliphatic rings. The Morgan fingerprint density at radius 2 is 1.43 bits per heavy atom. The molecule has 148 valence electrons. The van der Waals surface area contributed by atoms with Crippen LogP contribution in [-0.2, 0) is 16.6 Å². The number of sulfonamides is 1. The summed E-state index contributed by atoms with van der Waals surface area (Å²) < 4.78 is 27.1. The first-order valence-electron chi connectivity index (χ1n) is 9.70. The number of carbonyl (C=O) groups is 1. The maximum Gasteiger partial charge on any atom is 0.320 e. The van der Waals surface area contributed by atoms with Crippen LogP contribution in [0.4, 0.5) is 4.79 Å². The molecule has 2 fully saturated rings. The van der Waals surface area contributed by atoms with E-state index in [0.717, 1.165) is 12.1 Å². The Morgan fingerprint density at radius 1 is 0.821 bits per heavy atom. The molecule has 4 rings (SSSR count). The Morgan fingerprint density at radius 3 is 2.07 bits per heavy atom. The topological polar surface area (TPSA) is 60.9 Å². The third-order valence-corrected chi connectivity index (χ3v) is 7.50. The predicted molar refractivity (Wildman–Crippen MR) is 107 cm³/mol. The summed E-state index contributed by atoms with van der Waals surface area (Å²) in [6.45, 7) is 2.95. The first-order valence-corrected chi connectivity index (χ1v) is 11.1. The van der Waals surface area contributed by atoms with Gasteiger partial charge in [-0.2, -0.15) is 4.31 Å². The molecule has 0 radical (unpaired) electrons. The highest BCUT2D eigenvalue weighted by molar-refractivity contribution is 7.89. The molecule has 0 atom stereocenters. The van der Waals surface area contributed by atoms with Crippen molar-refractivity contribution in [2.45, 2.75) is 30.3 Å². The molecule has 0 spiro atoms. The molecule has 0 N–H and O–H groups in total. The summed E-state index contributed by atoms with van der Waals surface area (Å²) in [5.41, 5.74) is 1.13. The zero-order chi connectivity index (χ0) is 19.6. The average molecular weight is 400 g/mol. The van der Waals surface area contributed by atoms with Gasteiger partial charge in [0, 0.05) is 38.8 Å². The SMILES string of the molecule is O=C1N(Cc2ccccc2)CCN1C1CCN(S(=O)(=O)c2ccccc2)CC1. The summed E-state index contributed by atoms with van der Waals surface area (Å²) in [7, 11) is -3.45. The molecule has 2 aliphatic heterocycles. The van der Waals surface area contributed by atoms with Crippen LogP contribution in [0, 0.1) is 0 Å². The Labute approximate surface area is 166 Å². The van der Waals surface area contributed by atoms with E-state index in [0.29, 0.717) is 43.9 Å². The molecule has 7 heteroatoms. The van der Waals surface area contributed by atoms with Gasteiger partial charge < -0.3 is 9.80 Å². The van der Waals surface area contributed by atoms with Crippen molar-refractivity contribution in [1.29, 1.82) is 0 Å². The number of amides is 2. The van der Waals surface area contributed by atoms with Crippen LogP contribution in [0.2, 0.25) is 0 Å². The zero-order valence-corrected chi connectivity index (χ0v) is 16.6. The number of rotatable bonds is 5. The average Bonchev–Trinajstić information content (AvgIpc) is 3.10. The summed E-state index contributed by atoms with van der Waals surface area (Å²) in [6, 6.07) is 18.7. The molecule has 2 aromatic carbocycles. The molecule has 0 saturated carbocycles. The number of nitrogens with zero attached hydrogens (tertiary/aromatic N) is 3. The van der Waals surface area contributed by atoms with E-state index in [9.17, 15) is 13.2 Å². The molecule has 2 saturated heterocycles. The van der Waals surface area contributed by atoms with Gasteiger partial charge in [0.2, 0.25) is 10.0 Å². The molecule has 2 aromatic rings. The number of benzene rings is 2. The lowest BCUT2D eigenvalue weighted by molar-refractivity contribution is 0.153. The third-order valence-electron chi connectivity index (χ3n) is 5.59. The normalized spacial score (nSPS) is 19.4. The van der Waals surface area contributed by atoms with Gasteiger partial charge >= 0.3 is 6.03 Å². The second-order valence-electron chi connectivity index (χ2n) is 7.33. The Bertz CT molecular complexity index is 910. The number of carbonyl (C=O) groups excluding carboxylic acids is 1. The van der Waals surface area contributed by atoms with Crippen LogP contribution in [0.25, 0.3) is 0 Å². The number of hydrogen-bond acceptors (Lipinski definition) is 3. The fraction of sp³-hybridized carbons (Fsp3) is 0.381. The van der Waals surface area contributed by atoms with Gasteiger partial charge in [0.1, 0.15) is 0 Å². The molecule has 0 unspecified atom stereocenters. The van der Waals surface area contributed by atoms with Crippen molar-refractivity contribution in [2.24, 2.45) is 0 Å². The van der Waals surface area contributed by atoms with Crippen LogP contribution in [0.15, 0.2) is 65.6 Å². The highest BCUT2D eigenvalue weighted by Gasteiger charge is 2.37. The van der Waals surface area contributed by atoms with Gasteiger partial charge in [-0.25, -0.2) is 13.2 Å². The Kier molecular flexibility index (Phi) is 5.37. The van der Waals surface area contributed by atoms with Crippen molar-refractivity contribution in [1.82, 2.24) is 14.1 Å². The molecule has 2 heterocycles. The van der Waals surface area contributed by atoms with Crippen molar-refractivity contribution >= 4 is 16.1 Å². The van der Waals surface area contributed by atoms with E-state index < -0.39 is 10.0 Å². The standard InChI is InChI=1S/C21H25N3O3S/c25-21-22(17-18-7-3-1-4-8-18)15-16-24(21)19-11-13-23(14-12-19)28(26,27)20-9-5-2-6-10-20/h1-10,19H,11-17H2. The fourth-order valence-corrected chi connectivity index (χ4v) is 5.52. The van der Waals surface area contributed by atoms with Crippen molar-refractivity contribution in [3.8, 4) is 0 Å². The third kappa shape index (κ3) is 3.77. The van der Waals surface area contributed by atoms with E-state index in [1.54, 1.807) is 28.6 Å². The van der Waals surface area contributed by atoms with E-state index >= 15 is 0 Å². The van der Waals surface area contributed by atoms with Crippen molar-refractivity contribution in [2.75, 3.05) is 26.2 Å². The second kappa shape index (κ2) is 7.93. The Balaban J connectivity index is 1.36. The molecule has 0 aliphatic carbocycles. The van der Waals surface area contributed by atoms with E-state index in [4.69, 9.17) is 0 Å². The fourth-order valence-electron chi connectivity index (χ4n) is 4.03. The van der Waals surface area contributed by atoms with Gasteiger partial charge in [-0.15, -0.1) is 0 Å². The highest BCUT2D eigenvalue weighted by atomic mass is 32.2. The molecule has 28 heavy (non-hydrogen) atoms. The van der Waals surface area contributed by atoms with E-state index in [-0.39, 0.29) is 12.1 Å². The summed E-state index contributed by atoms with van der Waals surface area (Å²) in [6.07, 6.45) is 1.36. The minimum Gasteiger partial charge on any atom is -0.320 e. The van der Waals surface area contributed by atoms with Gasteiger partial charge in [0.15, 0.2) is 0 Å². The predicted octanol–water partition coefficient (Wildman–Crippen LogP) is 2.78. The van der Waals surface area contributed by atoms with Crippen molar-refractivity contribution in [3.63, 3.8) is 0 Å². The largest absolute Gasteiger partial charge is 0.320 e. The number of hydrogen-bond donors (Lipinski definition) is 0. The summed E-state index contributed by atoms with van der Waals surface area (Å²) in [5.74, 6) is 0. The first-order chi connectivity index (χ1) is 13.6. The monoisotopic (exact) mass is 399 g/mol. The first kappa shape index (κ1) is 19.0. The molecular formula is C21H25N3O3S. The van der Waals surface area contributed by atoms with Crippen LogP contribution in [0.3, 0.4) is 0 Å². The van der Waals surface area contributed by atoms with Crippen molar-refractivity contribution in [3.05, 3.63) is 66.2 Å². The molecular weight excluding hydrogens is 374 g/mol. The van der Waals surface area contributed by atoms with Crippen LogP contribution < -0.4 is 0 Å². The van der Waals surface area contributed by atoms with Crippen LogP contribution in [-0.4, -0.2) is 60.8 Å². The maximum absolute atomic E-state index is 12.8. The van der Waals surface area contributed by atoms with Crippen LogP contribution >= 0.6 is 0 Å². The lowest BCUT2D eigenvalue weighted by atomic mass is 10.1. The second-order valence-corrected chi connectivity index (χ2v) is 9.27. The summed E-state index contributed by atoms with van der Waals surface area (Å²) in [4.78, 5) is 17.0. The summed E-state index contributed by atoms with van der Waals surface area (Å²) >= 11 is 0. The minimum atomic E-state index is -3.45. The lowest BCUT2D eigenvalue weighted by Gasteiger charge is -2.35. The van der Waals surface area contributed by atoms with Gasteiger partial charge in [0.05, 0.1) is 4.90 Å².